The summed E-state index contributed by atoms with van der Waals surface area (Å²) in [6, 6.07) is 0. The molecule has 1 heteroatoms. The Balaban J connectivity index is 2.80. The van der Waals surface area contributed by atoms with Gasteiger partial charge in [-0.2, -0.15) is 0 Å². The molecule has 1 rings (SSSR count). The van der Waals surface area contributed by atoms with E-state index in [0.717, 1.165) is 32.1 Å². The van der Waals surface area contributed by atoms with Crippen LogP contribution in [0.1, 0.15) is 52.9 Å². The van der Waals surface area contributed by atoms with E-state index < -0.39 is 0 Å². The molecule has 0 bridgehead atoms. The Morgan fingerprint density at radius 3 is 2.46 bits per heavy atom. The van der Waals surface area contributed by atoms with Gasteiger partial charge in [0, 0.05) is 11.8 Å². The molecule has 0 radical (unpaired) electrons. The minimum Gasteiger partial charge on any atom is -0.299 e. The van der Waals surface area contributed by atoms with Gasteiger partial charge in [0.05, 0.1) is 0 Å². The molecule has 1 fully saturated rings. The van der Waals surface area contributed by atoms with E-state index >= 15 is 0 Å². The van der Waals surface area contributed by atoms with Gasteiger partial charge in [0.15, 0.2) is 0 Å². The Hall–Kier alpha value is -0.590. The van der Waals surface area contributed by atoms with Crippen molar-refractivity contribution in [1.82, 2.24) is 0 Å². The molecule has 0 aromatic heterocycles. The summed E-state index contributed by atoms with van der Waals surface area (Å²) < 4.78 is 0. The number of carbonyl (C=O) groups excluding carboxylic acids is 1. The number of Topliss-reactive ketones (excluding diaryl/α,β-unsaturated/α-hetero) is 1. The Kier molecular flexibility index (Phi) is 3.29. The van der Waals surface area contributed by atoms with Gasteiger partial charge >= 0.3 is 0 Å². The Bertz CT molecular complexity index is 221. The second-order valence-electron chi connectivity index (χ2n) is 4.20. The maximum atomic E-state index is 11.6. The average molecular weight is 180 g/mol. The van der Waals surface area contributed by atoms with Gasteiger partial charge in [-0.1, -0.05) is 25.5 Å². The van der Waals surface area contributed by atoms with Crippen molar-refractivity contribution < 1.29 is 4.79 Å². The monoisotopic (exact) mass is 180 g/mol. The SMILES string of the molecule is CCC(=C[C@@]1(C)CCCC1=O)CC. The van der Waals surface area contributed by atoms with E-state index in [-0.39, 0.29) is 5.41 Å². The highest BCUT2D eigenvalue weighted by atomic mass is 16.1. The predicted molar refractivity (Wildman–Crippen MR) is 55.6 cm³/mol. The summed E-state index contributed by atoms with van der Waals surface area (Å²) in [5.74, 6) is 0.437. The lowest BCUT2D eigenvalue weighted by Gasteiger charge is -2.18. The summed E-state index contributed by atoms with van der Waals surface area (Å²) in [4.78, 5) is 11.6. The first-order valence-corrected chi connectivity index (χ1v) is 5.36. The maximum Gasteiger partial charge on any atom is 0.142 e. The van der Waals surface area contributed by atoms with Crippen molar-refractivity contribution in [3.63, 3.8) is 0 Å². The van der Waals surface area contributed by atoms with Crippen molar-refractivity contribution in [3.8, 4) is 0 Å². The third-order valence-electron chi connectivity index (χ3n) is 3.17. The van der Waals surface area contributed by atoms with Crippen LogP contribution >= 0.6 is 0 Å². The van der Waals surface area contributed by atoms with Gasteiger partial charge in [0.2, 0.25) is 0 Å². The van der Waals surface area contributed by atoms with E-state index in [2.05, 4.69) is 26.8 Å². The smallest absolute Gasteiger partial charge is 0.142 e. The van der Waals surface area contributed by atoms with Crippen LogP contribution in [0.3, 0.4) is 0 Å². The Morgan fingerprint density at radius 2 is 2.08 bits per heavy atom. The highest BCUT2D eigenvalue weighted by molar-refractivity contribution is 5.88. The molecule has 1 saturated carbocycles. The molecule has 0 aliphatic heterocycles. The lowest BCUT2D eigenvalue weighted by atomic mass is 9.85. The lowest BCUT2D eigenvalue weighted by Crippen LogP contribution is -2.18. The van der Waals surface area contributed by atoms with Crippen molar-refractivity contribution in [2.45, 2.75) is 52.9 Å². The lowest BCUT2D eigenvalue weighted by molar-refractivity contribution is -0.123. The third kappa shape index (κ3) is 2.20. The van der Waals surface area contributed by atoms with Crippen molar-refractivity contribution in [1.29, 1.82) is 0 Å². The second-order valence-corrected chi connectivity index (χ2v) is 4.20. The first-order chi connectivity index (χ1) is 6.12. The van der Waals surface area contributed by atoms with Crippen molar-refractivity contribution in [2.75, 3.05) is 0 Å². The fraction of sp³-hybridized carbons (Fsp3) is 0.750. The normalized spacial score (nSPS) is 27.8. The summed E-state index contributed by atoms with van der Waals surface area (Å²) in [6.07, 6.45) is 7.30. The molecule has 1 aliphatic rings. The van der Waals surface area contributed by atoms with Gasteiger partial charge in [-0.05, 0) is 32.6 Å². The molecular weight excluding hydrogens is 160 g/mol. The maximum absolute atomic E-state index is 11.6. The molecule has 0 unspecified atom stereocenters. The minimum atomic E-state index is -0.124. The molecule has 0 N–H and O–H groups in total. The summed E-state index contributed by atoms with van der Waals surface area (Å²) in [5.41, 5.74) is 1.30. The number of hydrogen-bond donors (Lipinski definition) is 0. The van der Waals surface area contributed by atoms with Crippen LogP contribution in [0.5, 0.6) is 0 Å². The molecule has 13 heavy (non-hydrogen) atoms. The summed E-state index contributed by atoms with van der Waals surface area (Å²) >= 11 is 0. The third-order valence-corrected chi connectivity index (χ3v) is 3.17. The van der Waals surface area contributed by atoms with E-state index in [1.807, 2.05) is 0 Å². The zero-order chi connectivity index (χ0) is 9.90. The zero-order valence-corrected chi connectivity index (χ0v) is 9.02. The van der Waals surface area contributed by atoms with Gasteiger partial charge in [0.25, 0.3) is 0 Å². The van der Waals surface area contributed by atoms with Crippen LogP contribution in [-0.4, -0.2) is 5.78 Å². The molecule has 1 aliphatic carbocycles. The average Bonchev–Trinajstić information content (AvgIpc) is 2.44. The van der Waals surface area contributed by atoms with Crippen LogP contribution < -0.4 is 0 Å². The first-order valence-electron chi connectivity index (χ1n) is 5.36. The minimum absolute atomic E-state index is 0.124. The predicted octanol–water partition coefficient (Wildman–Crippen LogP) is 3.49. The van der Waals surface area contributed by atoms with E-state index in [9.17, 15) is 4.79 Å². The zero-order valence-electron chi connectivity index (χ0n) is 9.02. The van der Waals surface area contributed by atoms with Crippen LogP contribution in [0.15, 0.2) is 11.6 Å². The number of hydrogen-bond acceptors (Lipinski definition) is 1. The van der Waals surface area contributed by atoms with Crippen molar-refractivity contribution in [2.24, 2.45) is 5.41 Å². The molecule has 74 valence electrons. The van der Waals surface area contributed by atoms with Gasteiger partial charge in [-0.3, -0.25) is 4.79 Å². The standard InChI is InChI=1S/C12H20O/c1-4-10(5-2)9-12(3)8-6-7-11(12)13/h9H,4-8H2,1-3H3/t12-/m1/s1. The largest absolute Gasteiger partial charge is 0.299 e. The number of allylic oxidation sites excluding steroid dienone is 2. The topological polar surface area (TPSA) is 17.1 Å². The van der Waals surface area contributed by atoms with Gasteiger partial charge in [0.1, 0.15) is 5.78 Å². The van der Waals surface area contributed by atoms with E-state index in [1.54, 1.807) is 0 Å². The molecule has 0 saturated heterocycles. The highest BCUT2D eigenvalue weighted by Crippen LogP contribution is 2.37. The molecule has 0 aromatic carbocycles. The van der Waals surface area contributed by atoms with Gasteiger partial charge in [-0.15, -0.1) is 0 Å². The molecule has 0 spiro atoms. The van der Waals surface area contributed by atoms with E-state index in [1.165, 1.54) is 5.57 Å². The highest BCUT2D eigenvalue weighted by Gasteiger charge is 2.35. The van der Waals surface area contributed by atoms with Gasteiger partial charge in [-0.25, -0.2) is 0 Å². The fourth-order valence-electron chi connectivity index (χ4n) is 2.10. The second kappa shape index (κ2) is 4.08. The summed E-state index contributed by atoms with van der Waals surface area (Å²) in [5, 5.41) is 0. The van der Waals surface area contributed by atoms with Crippen molar-refractivity contribution >= 4 is 5.78 Å². The number of carbonyl (C=O) groups is 1. The molecule has 0 heterocycles. The fourth-order valence-corrected chi connectivity index (χ4v) is 2.10. The Morgan fingerprint density at radius 1 is 1.46 bits per heavy atom. The van der Waals surface area contributed by atoms with Crippen LogP contribution in [-0.2, 0) is 4.79 Å². The molecule has 0 aromatic rings. The number of ketones is 1. The van der Waals surface area contributed by atoms with Gasteiger partial charge < -0.3 is 0 Å². The van der Waals surface area contributed by atoms with E-state index in [0.29, 0.717) is 5.78 Å². The van der Waals surface area contributed by atoms with Crippen LogP contribution in [0.2, 0.25) is 0 Å². The van der Waals surface area contributed by atoms with Crippen molar-refractivity contribution in [3.05, 3.63) is 11.6 Å². The van der Waals surface area contributed by atoms with Crippen LogP contribution in [0.25, 0.3) is 0 Å². The van der Waals surface area contributed by atoms with E-state index in [4.69, 9.17) is 0 Å². The first kappa shape index (κ1) is 10.5. The number of rotatable bonds is 3. The van der Waals surface area contributed by atoms with Crippen LogP contribution in [0, 0.1) is 5.41 Å². The molecule has 0 amide bonds. The van der Waals surface area contributed by atoms with Crippen LogP contribution in [0.4, 0.5) is 0 Å². The molecular formula is C12H20O. The molecule has 1 nitrogen and oxygen atoms in total. The summed E-state index contributed by atoms with van der Waals surface area (Å²) in [7, 11) is 0. The summed E-state index contributed by atoms with van der Waals surface area (Å²) in [6.45, 7) is 6.42. The Labute approximate surface area is 81.2 Å². The quantitative estimate of drug-likeness (QED) is 0.607. The molecule has 1 atom stereocenters.